The van der Waals surface area contributed by atoms with Gasteiger partial charge < -0.3 is 0 Å². The Morgan fingerprint density at radius 2 is 0.877 bits per heavy atom. The SMILES string of the molecule is CC1(C)c2cc(-c3ccc(-c4nc(-c5ccccc5)cc(-c5ccc(-c6ccc7ccccc7c6)cc5)n4)c4ccccc34)ccc2-c2c1ccc1ccccc21. The lowest BCUT2D eigenvalue weighted by Gasteiger charge is -2.22. The third kappa shape index (κ3) is 5.48. The summed E-state index contributed by atoms with van der Waals surface area (Å²) in [5.41, 5.74) is 15.1. The number of benzene rings is 9. The van der Waals surface area contributed by atoms with Gasteiger partial charge in [-0.1, -0.05) is 184 Å². The molecule has 0 radical (unpaired) electrons. The van der Waals surface area contributed by atoms with Crippen LogP contribution >= 0.6 is 0 Å². The second-order valence-corrected chi connectivity index (χ2v) is 15.8. The van der Waals surface area contributed by atoms with E-state index < -0.39 is 0 Å². The lowest BCUT2D eigenvalue weighted by molar-refractivity contribution is 0.661. The Balaban J connectivity index is 1.02. The van der Waals surface area contributed by atoms with Gasteiger partial charge in [0, 0.05) is 22.1 Å². The quantitative estimate of drug-likeness (QED) is 0.176. The average Bonchev–Trinajstić information content (AvgIpc) is 3.51. The third-order valence-electron chi connectivity index (χ3n) is 12.1. The summed E-state index contributed by atoms with van der Waals surface area (Å²) in [6.07, 6.45) is 0. The molecule has 0 atom stereocenters. The van der Waals surface area contributed by atoms with E-state index >= 15 is 0 Å². The second-order valence-electron chi connectivity index (χ2n) is 15.8. The van der Waals surface area contributed by atoms with Crippen molar-refractivity contribution in [2.24, 2.45) is 0 Å². The fourth-order valence-electron chi connectivity index (χ4n) is 9.09. The standard InChI is InChI=1S/C55H38N2/c1-55(2)49-31-27-37-13-8-9-17-44(37)53(49)48-28-26-42(33-50(48)55)43-29-30-47(46-19-11-10-18-45(43)46)54-56-51(38-14-4-3-5-15-38)34-52(57-54)39-23-20-36(21-24-39)41-25-22-35-12-6-7-16-40(35)32-41/h3-34H,1-2H3. The van der Waals surface area contributed by atoms with E-state index in [9.17, 15) is 0 Å². The topological polar surface area (TPSA) is 25.8 Å². The van der Waals surface area contributed by atoms with Crippen LogP contribution in [-0.2, 0) is 5.41 Å². The summed E-state index contributed by atoms with van der Waals surface area (Å²) < 4.78 is 0. The molecule has 2 heteroatoms. The molecule has 1 heterocycles. The third-order valence-corrected chi connectivity index (χ3v) is 12.1. The first kappa shape index (κ1) is 33.2. The van der Waals surface area contributed by atoms with Crippen LogP contribution in [0.15, 0.2) is 194 Å². The van der Waals surface area contributed by atoms with Crippen molar-refractivity contribution >= 4 is 32.3 Å². The van der Waals surface area contributed by atoms with Gasteiger partial charge in [-0.3, -0.25) is 0 Å². The summed E-state index contributed by atoms with van der Waals surface area (Å²) >= 11 is 0. The molecule has 11 rings (SSSR count). The Morgan fingerprint density at radius 3 is 1.65 bits per heavy atom. The number of rotatable bonds is 5. The van der Waals surface area contributed by atoms with Gasteiger partial charge in [0.1, 0.15) is 0 Å². The van der Waals surface area contributed by atoms with Crippen LogP contribution in [-0.4, -0.2) is 9.97 Å². The molecular weight excluding hydrogens is 689 g/mol. The van der Waals surface area contributed by atoms with Crippen LogP contribution in [0.25, 0.3) is 99.6 Å². The molecule has 0 fully saturated rings. The molecule has 1 aromatic heterocycles. The molecule has 0 aliphatic heterocycles. The van der Waals surface area contributed by atoms with E-state index in [-0.39, 0.29) is 5.41 Å². The van der Waals surface area contributed by atoms with E-state index in [4.69, 9.17) is 9.97 Å². The summed E-state index contributed by atoms with van der Waals surface area (Å²) in [5.74, 6) is 0.713. The van der Waals surface area contributed by atoms with E-state index in [2.05, 4.69) is 202 Å². The van der Waals surface area contributed by atoms with Crippen molar-refractivity contribution in [2.45, 2.75) is 19.3 Å². The van der Waals surface area contributed by atoms with Crippen LogP contribution in [0.3, 0.4) is 0 Å². The van der Waals surface area contributed by atoms with Crippen molar-refractivity contribution in [3.8, 4) is 67.3 Å². The summed E-state index contributed by atoms with van der Waals surface area (Å²) in [5, 5.41) is 7.41. The largest absolute Gasteiger partial charge is 0.228 e. The highest BCUT2D eigenvalue weighted by Crippen LogP contribution is 2.52. The van der Waals surface area contributed by atoms with Gasteiger partial charge in [0.2, 0.25) is 0 Å². The van der Waals surface area contributed by atoms with Gasteiger partial charge in [-0.15, -0.1) is 0 Å². The predicted molar refractivity (Wildman–Crippen MR) is 239 cm³/mol. The Hall–Kier alpha value is -7.16. The van der Waals surface area contributed by atoms with E-state index in [1.54, 1.807) is 0 Å². The lowest BCUT2D eigenvalue weighted by Crippen LogP contribution is -2.15. The zero-order chi connectivity index (χ0) is 38.1. The normalized spacial score (nSPS) is 12.9. The molecule has 10 aromatic rings. The van der Waals surface area contributed by atoms with E-state index in [1.807, 2.05) is 6.07 Å². The first-order valence-corrected chi connectivity index (χ1v) is 19.7. The average molecular weight is 727 g/mol. The molecule has 0 saturated carbocycles. The molecule has 0 amide bonds. The summed E-state index contributed by atoms with van der Waals surface area (Å²) in [7, 11) is 0. The van der Waals surface area contributed by atoms with Crippen molar-refractivity contribution in [3.05, 3.63) is 205 Å². The first-order chi connectivity index (χ1) is 28.0. The summed E-state index contributed by atoms with van der Waals surface area (Å²) in [6.45, 7) is 4.73. The molecule has 0 bridgehead atoms. The molecular formula is C55H38N2. The smallest absolute Gasteiger partial charge is 0.161 e. The molecule has 0 unspecified atom stereocenters. The van der Waals surface area contributed by atoms with Crippen LogP contribution in [0.1, 0.15) is 25.0 Å². The zero-order valence-electron chi connectivity index (χ0n) is 31.9. The predicted octanol–water partition coefficient (Wildman–Crippen LogP) is 14.6. The van der Waals surface area contributed by atoms with Crippen molar-refractivity contribution in [1.82, 2.24) is 9.97 Å². The van der Waals surface area contributed by atoms with E-state index in [1.165, 1.54) is 71.4 Å². The van der Waals surface area contributed by atoms with Gasteiger partial charge in [-0.05, 0) is 101 Å². The van der Waals surface area contributed by atoms with E-state index in [0.29, 0.717) is 5.82 Å². The minimum atomic E-state index is -0.115. The van der Waals surface area contributed by atoms with Crippen molar-refractivity contribution in [3.63, 3.8) is 0 Å². The Kier molecular flexibility index (Phi) is 7.55. The molecule has 57 heavy (non-hydrogen) atoms. The van der Waals surface area contributed by atoms with Crippen molar-refractivity contribution in [2.75, 3.05) is 0 Å². The molecule has 1 aliphatic rings. The van der Waals surface area contributed by atoms with Gasteiger partial charge in [-0.2, -0.15) is 0 Å². The van der Waals surface area contributed by atoms with Crippen LogP contribution in [0, 0.1) is 0 Å². The van der Waals surface area contributed by atoms with Gasteiger partial charge in [-0.25, -0.2) is 9.97 Å². The summed E-state index contributed by atoms with van der Waals surface area (Å²) in [6, 6.07) is 70.1. The van der Waals surface area contributed by atoms with Gasteiger partial charge in [0.25, 0.3) is 0 Å². The Labute approximate surface area is 332 Å². The molecule has 2 nitrogen and oxygen atoms in total. The maximum Gasteiger partial charge on any atom is 0.161 e. The second kappa shape index (κ2) is 13.0. The van der Waals surface area contributed by atoms with Crippen LogP contribution in [0.4, 0.5) is 0 Å². The lowest BCUT2D eigenvalue weighted by atomic mass is 9.81. The highest BCUT2D eigenvalue weighted by atomic mass is 14.9. The van der Waals surface area contributed by atoms with Gasteiger partial charge in [0.05, 0.1) is 11.4 Å². The van der Waals surface area contributed by atoms with Crippen molar-refractivity contribution < 1.29 is 0 Å². The number of hydrogen-bond acceptors (Lipinski definition) is 2. The summed E-state index contributed by atoms with van der Waals surface area (Å²) in [4.78, 5) is 10.5. The van der Waals surface area contributed by atoms with Crippen molar-refractivity contribution in [1.29, 1.82) is 0 Å². The van der Waals surface area contributed by atoms with Crippen LogP contribution in [0.5, 0.6) is 0 Å². The molecule has 0 spiro atoms. The number of nitrogens with zero attached hydrogens (tertiary/aromatic N) is 2. The fourth-order valence-corrected chi connectivity index (χ4v) is 9.09. The number of hydrogen-bond donors (Lipinski definition) is 0. The van der Waals surface area contributed by atoms with Crippen LogP contribution < -0.4 is 0 Å². The number of fused-ring (bicyclic) bond motifs is 7. The first-order valence-electron chi connectivity index (χ1n) is 19.7. The molecule has 268 valence electrons. The Bertz CT molecular complexity index is 3190. The Morgan fingerprint density at radius 1 is 0.333 bits per heavy atom. The van der Waals surface area contributed by atoms with Crippen LogP contribution in [0.2, 0.25) is 0 Å². The molecule has 1 aliphatic carbocycles. The number of aromatic nitrogens is 2. The molecule has 9 aromatic carbocycles. The maximum atomic E-state index is 5.30. The monoisotopic (exact) mass is 726 g/mol. The highest BCUT2D eigenvalue weighted by molar-refractivity contribution is 6.06. The fraction of sp³-hybridized carbons (Fsp3) is 0.0545. The minimum Gasteiger partial charge on any atom is -0.228 e. The van der Waals surface area contributed by atoms with Gasteiger partial charge in [0.15, 0.2) is 5.82 Å². The van der Waals surface area contributed by atoms with E-state index in [0.717, 1.165) is 33.5 Å². The van der Waals surface area contributed by atoms with Gasteiger partial charge >= 0.3 is 0 Å². The zero-order valence-corrected chi connectivity index (χ0v) is 31.9. The minimum absolute atomic E-state index is 0.115. The molecule has 0 saturated heterocycles. The molecule has 0 N–H and O–H groups in total. The highest BCUT2D eigenvalue weighted by Gasteiger charge is 2.36. The maximum absolute atomic E-state index is 5.30.